The minimum Gasteiger partial charge on any atom is -0.352 e. The molecule has 1 heterocycles. The van der Waals surface area contributed by atoms with E-state index >= 15 is 0 Å². The van der Waals surface area contributed by atoms with Crippen molar-refractivity contribution in [1.82, 2.24) is 14.9 Å². The molecule has 3 N–H and O–H groups in total. The quantitative estimate of drug-likeness (QED) is 0.832. The van der Waals surface area contributed by atoms with Gasteiger partial charge in [0.05, 0.1) is 17.4 Å². The number of aromatic nitrogens is 2. The lowest BCUT2D eigenvalue weighted by Crippen LogP contribution is -2.41. The molecule has 0 radical (unpaired) electrons. The maximum atomic E-state index is 12.0. The molecule has 5 nitrogen and oxygen atoms in total. The number of nitrogens with zero attached hydrogens (tertiary/aromatic N) is 2. The maximum absolute atomic E-state index is 12.0. The standard InChI is InChI=1S/C15H20N4O/c16-9-13(11-5-6-11)18-15(20)7-8-19-10-17-12-3-1-2-4-14(12)19/h1-4,10-11,13H,5-9,16H2,(H,18,20). The summed E-state index contributed by atoms with van der Waals surface area (Å²) in [4.78, 5) is 16.3. The number of nitrogens with two attached hydrogens (primary N) is 1. The Labute approximate surface area is 118 Å². The van der Waals surface area contributed by atoms with Crippen LogP contribution in [0.3, 0.4) is 0 Å². The number of imidazole rings is 1. The summed E-state index contributed by atoms with van der Waals surface area (Å²) in [6.07, 6.45) is 4.63. The first-order chi connectivity index (χ1) is 9.78. The van der Waals surface area contributed by atoms with Gasteiger partial charge < -0.3 is 15.6 Å². The molecular weight excluding hydrogens is 252 g/mol. The fourth-order valence-electron chi connectivity index (χ4n) is 2.56. The average molecular weight is 272 g/mol. The normalized spacial score (nSPS) is 16.2. The van der Waals surface area contributed by atoms with Crippen LogP contribution < -0.4 is 11.1 Å². The highest BCUT2D eigenvalue weighted by molar-refractivity contribution is 5.77. The molecular formula is C15H20N4O. The summed E-state index contributed by atoms with van der Waals surface area (Å²) in [6, 6.07) is 8.10. The van der Waals surface area contributed by atoms with Crippen molar-refractivity contribution in [3.8, 4) is 0 Å². The van der Waals surface area contributed by atoms with Gasteiger partial charge in [0.25, 0.3) is 0 Å². The van der Waals surface area contributed by atoms with E-state index in [1.165, 1.54) is 12.8 Å². The monoisotopic (exact) mass is 272 g/mol. The number of hydrogen-bond donors (Lipinski definition) is 2. The molecule has 1 aliphatic carbocycles. The Hall–Kier alpha value is -1.88. The summed E-state index contributed by atoms with van der Waals surface area (Å²) in [7, 11) is 0. The lowest BCUT2D eigenvalue weighted by molar-refractivity contribution is -0.122. The third-order valence-electron chi connectivity index (χ3n) is 3.90. The van der Waals surface area contributed by atoms with Gasteiger partial charge in [0.15, 0.2) is 0 Å². The highest BCUT2D eigenvalue weighted by Gasteiger charge is 2.31. The molecule has 0 spiro atoms. The molecule has 3 rings (SSSR count). The number of carbonyl (C=O) groups excluding carboxylic acids is 1. The molecule has 1 atom stereocenters. The van der Waals surface area contributed by atoms with Crippen LogP contribution in [0.15, 0.2) is 30.6 Å². The van der Waals surface area contributed by atoms with Gasteiger partial charge in [0.2, 0.25) is 5.91 Å². The van der Waals surface area contributed by atoms with Gasteiger partial charge in [-0.1, -0.05) is 12.1 Å². The van der Waals surface area contributed by atoms with Gasteiger partial charge >= 0.3 is 0 Å². The molecule has 5 heteroatoms. The van der Waals surface area contributed by atoms with Crippen LogP contribution in [0.4, 0.5) is 0 Å². The summed E-state index contributed by atoms with van der Waals surface area (Å²) in [5, 5.41) is 3.04. The second-order valence-electron chi connectivity index (χ2n) is 5.42. The first-order valence-electron chi connectivity index (χ1n) is 7.17. The van der Waals surface area contributed by atoms with Crippen LogP contribution in [0, 0.1) is 5.92 Å². The lowest BCUT2D eigenvalue weighted by Gasteiger charge is -2.16. The fourth-order valence-corrected chi connectivity index (χ4v) is 2.56. The van der Waals surface area contributed by atoms with E-state index in [-0.39, 0.29) is 11.9 Å². The van der Waals surface area contributed by atoms with Crippen molar-refractivity contribution in [2.24, 2.45) is 11.7 Å². The van der Waals surface area contributed by atoms with Gasteiger partial charge in [-0.3, -0.25) is 4.79 Å². The minimum atomic E-state index is 0.0742. The summed E-state index contributed by atoms with van der Waals surface area (Å²) in [6.45, 7) is 1.18. The number of nitrogens with one attached hydrogen (secondary N) is 1. The largest absolute Gasteiger partial charge is 0.352 e. The Morgan fingerprint density at radius 2 is 2.25 bits per heavy atom. The second-order valence-corrected chi connectivity index (χ2v) is 5.42. The molecule has 1 aliphatic rings. The molecule has 0 bridgehead atoms. The van der Waals surface area contributed by atoms with Crippen LogP contribution in [-0.4, -0.2) is 28.0 Å². The summed E-state index contributed by atoms with van der Waals surface area (Å²) in [5.74, 6) is 0.670. The van der Waals surface area contributed by atoms with Gasteiger partial charge in [-0.25, -0.2) is 4.98 Å². The molecule has 1 unspecified atom stereocenters. The van der Waals surface area contributed by atoms with Gasteiger partial charge in [-0.15, -0.1) is 0 Å². The number of para-hydroxylation sites is 2. The predicted molar refractivity (Wildman–Crippen MR) is 78.1 cm³/mol. The number of aryl methyl sites for hydroxylation is 1. The van der Waals surface area contributed by atoms with Crippen LogP contribution in [0.5, 0.6) is 0 Å². The van der Waals surface area contributed by atoms with Gasteiger partial charge in [0.1, 0.15) is 0 Å². The Bertz CT molecular complexity index is 603. The number of benzene rings is 1. The van der Waals surface area contributed by atoms with Crippen molar-refractivity contribution in [3.63, 3.8) is 0 Å². The average Bonchev–Trinajstić information content (AvgIpc) is 3.23. The number of carbonyl (C=O) groups is 1. The topological polar surface area (TPSA) is 72.9 Å². The Kier molecular flexibility index (Phi) is 3.69. The van der Waals surface area contributed by atoms with Crippen LogP contribution in [0.1, 0.15) is 19.3 Å². The number of fused-ring (bicyclic) bond motifs is 1. The van der Waals surface area contributed by atoms with Gasteiger partial charge in [0, 0.05) is 25.6 Å². The first kappa shape index (κ1) is 13.1. The van der Waals surface area contributed by atoms with E-state index in [9.17, 15) is 4.79 Å². The molecule has 20 heavy (non-hydrogen) atoms. The van der Waals surface area contributed by atoms with Crippen LogP contribution >= 0.6 is 0 Å². The number of rotatable bonds is 6. The molecule has 106 valence electrons. The SMILES string of the molecule is NCC(NC(=O)CCn1cnc2ccccc21)C1CC1. The summed E-state index contributed by atoms with van der Waals surface area (Å²) >= 11 is 0. The van der Waals surface area contributed by atoms with Gasteiger partial charge in [-0.2, -0.15) is 0 Å². The van der Waals surface area contributed by atoms with Crippen molar-refractivity contribution in [2.75, 3.05) is 6.54 Å². The first-order valence-corrected chi connectivity index (χ1v) is 7.17. The lowest BCUT2D eigenvalue weighted by atomic mass is 10.2. The number of amides is 1. The predicted octanol–water partition coefficient (Wildman–Crippen LogP) is 1.28. The third kappa shape index (κ3) is 2.82. The summed E-state index contributed by atoms with van der Waals surface area (Å²) < 4.78 is 2.02. The molecule has 1 saturated carbocycles. The molecule has 0 saturated heterocycles. The zero-order valence-corrected chi connectivity index (χ0v) is 11.5. The van der Waals surface area contributed by atoms with Gasteiger partial charge in [-0.05, 0) is 30.9 Å². The van der Waals surface area contributed by atoms with E-state index in [4.69, 9.17) is 5.73 Å². The summed E-state index contributed by atoms with van der Waals surface area (Å²) in [5.41, 5.74) is 7.73. The highest BCUT2D eigenvalue weighted by atomic mass is 16.1. The molecule has 0 aliphatic heterocycles. The molecule has 1 aromatic heterocycles. The van der Waals surface area contributed by atoms with Crippen LogP contribution in [-0.2, 0) is 11.3 Å². The number of hydrogen-bond acceptors (Lipinski definition) is 3. The van der Waals surface area contributed by atoms with E-state index < -0.39 is 0 Å². The van der Waals surface area contributed by atoms with Crippen molar-refractivity contribution in [1.29, 1.82) is 0 Å². The van der Waals surface area contributed by atoms with Crippen LogP contribution in [0.25, 0.3) is 11.0 Å². The Balaban J connectivity index is 1.57. The fraction of sp³-hybridized carbons (Fsp3) is 0.467. The zero-order chi connectivity index (χ0) is 13.9. The van der Waals surface area contributed by atoms with E-state index in [0.29, 0.717) is 25.4 Å². The van der Waals surface area contributed by atoms with E-state index in [0.717, 1.165) is 11.0 Å². The smallest absolute Gasteiger partial charge is 0.222 e. The van der Waals surface area contributed by atoms with E-state index in [2.05, 4.69) is 10.3 Å². The second kappa shape index (κ2) is 5.63. The Morgan fingerprint density at radius 3 is 3.00 bits per heavy atom. The molecule has 1 fully saturated rings. The van der Waals surface area contributed by atoms with Crippen LogP contribution in [0.2, 0.25) is 0 Å². The Morgan fingerprint density at radius 1 is 1.45 bits per heavy atom. The molecule has 1 amide bonds. The highest BCUT2D eigenvalue weighted by Crippen LogP contribution is 2.32. The van der Waals surface area contributed by atoms with Crippen molar-refractivity contribution < 1.29 is 4.79 Å². The van der Waals surface area contributed by atoms with Crippen molar-refractivity contribution >= 4 is 16.9 Å². The maximum Gasteiger partial charge on any atom is 0.222 e. The molecule has 1 aromatic carbocycles. The zero-order valence-electron chi connectivity index (χ0n) is 11.5. The minimum absolute atomic E-state index is 0.0742. The molecule has 2 aromatic rings. The van der Waals surface area contributed by atoms with E-state index in [1.54, 1.807) is 6.33 Å². The van der Waals surface area contributed by atoms with Crippen molar-refractivity contribution in [3.05, 3.63) is 30.6 Å². The van der Waals surface area contributed by atoms with Crippen molar-refractivity contribution in [2.45, 2.75) is 31.8 Å². The van der Waals surface area contributed by atoms with E-state index in [1.807, 2.05) is 28.8 Å². The third-order valence-corrected chi connectivity index (χ3v) is 3.90.